The minimum atomic E-state index is -0.413. The standard InChI is InChI=1S/C24H34O5/c1-18(2)13-14-24(3,4)23(26)28-16-10-6-5-9-15-27-21-17-22(25)29-20-12-8-7-11-19(20)21/h7-8,11-12,17-18H,5-6,9-10,13-16H2,1-4H3. The molecule has 0 atom stereocenters. The van der Waals surface area contributed by atoms with Crippen molar-refractivity contribution in [1.82, 2.24) is 0 Å². The van der Waals surface area contributed by atoms with Crippen LogP contribution >= 0.6 is 0 Å². The minimum Gasteiger partial charge on any atom is -0.493 e. The average molecular weight is 403 g/mol. The maximum atomic E-state index is 12.2. The van der Waals surface area contributed by atoms with Crippen molar-refractivity contribution >= 4 is 16.9 Å². The Morgan fingerprint density at radius 2 is 1.76 bits per heavy atom. The maximum Gasteiger partial charge on any atom is 0.339 e. The summed E-state index contributed by atoms with van der Waals surface area (Å²) in [6.45, 7) is 9.26. The third-order valence-electron chi connectivity index (χ3n) is 5.04. The number of fused-ring (bicyclic) bond motifs is 1. The van der Waals surface area contributed by atoms with E-state index in [1.165, 1.54) is 6.07 Å². The number of benzene rings is 1. The smallest absolute Gasteiger partial charge is 0.339 e. The summed E-state index contributed by atoms with van der Waals surface area (Å²) in [6.07, 6.45) is 5.56. The van der Waals surface area contributed by atoms with Crippen LogP contribution in [-0.4, -0.2) is 19.2 Å². The zero-order valence-corrected chi connectivity index (χ0v) is 18.2. The Balaban J connectivity index is 1.62. The lowest BCUT2D eigenvalue weighted by Crippen LogP contribution is -2.27. The van der Waals surface area contributed by atoms with Crippen LogP contribution in [0.15, 0.2) is 39.5 Å². The van der Waals surface area contributed by atoms with Crippen LogP contribution in [-0.2, 0) is 9.53 Å². The van der Waals surface area contributed by atoms with Crippen molar-refractivity contribution in [1.29, 1.82) is 0 Å². The van der Waals surface area contributed by atoms with Gasteiger partial charge in [-0.2, -0.15) is 0 Å². The van der Waals surface area contributed by atoms with Crippen LogP contribution in [0.3, 0.4) is 0 Å². The van der Waals surface area contributed by atoms with Crippen molar-refractivity contribution in [3.8, 4) is 5.75 Å². The van der Waals surface area contributed by atoms with Gasteiger partial charge in [0.2, 0.25) is 0 Å². The predicted molar refractivity (Wildman–Crippen MR) is 115 cm³/mol. The molecule has 5 nitrogen and oxygen atoms in total. The Hall–Kier alpha value is -2.30. The Kier molecular flexibility index (Phi) is 8.74. The van der Waals surface area contributed by atoms with Crippen LogP contribution in [0, 0.1) is 11.3 Å². The predicted octanol–water partition coefficient (Wildman–Crippen LogP) is 5.74. The topological polar surface area (TPSA) is 65.7 Å². The Morgan fingerprint density at radius 3 is 2.48 bits per heavy atom. The molecule has 1 heterocycles. The molecule has 1 aromatic carbocycles. The first kappa shape index (κ1) is 23.0. The second-order valence-corrected chi connectivity index (χ2v) is 8.64. The molecule has 0 unspecified atom stereocenters. The van der Waals surface area contributed by atoms with Crippen molar-refractivity contribution in [3.05, 3.63) is 40.8 Å². The number of esters is 1. The zero-order valence-electron chi connectivity index (χ0n) is 18.2. The van der Waals surface area contributed by atoms with Gasteiger partial charge in [-0.1, -0.05) is 26.0 Å². The highest BCUT2D eigenvalue weighted by Gasteiger charge is 2.28. The van der Waals surface area contributed by atoms with Crippen LogP contribution in [0.5, 0.6) is 5.75 Å². The number of carbonyl (C=O) groups excluding carboxylic acids is 1. The summed E-state index contributed by atoms with van der Waals surface area (Å²) in [4.78, 5) is 23.9. The van der Waals surface area contributed by atoms with Gasteiger partial charge in [0, 0.05) is 0 Å². The molecule has 0 radical (unpaired) electrons. The molecule has 0 N–H and O–H groups in total. The first-order valence-electron chi connectivity index (χ1n) is 10.6. The molecule has 2 rings (SSSR count). The summed E-state index contributed by atoms with van der Waals surface area (Å²) in [5.74, 6) is 1.05. The lowest BCUT2D eigenvalue weighted by Gasteiger charge is -2.23. The van der Waals surface area contributed by atoms with Gasteiger partial charge in [0.25, 0.3) is 0 Å². The van der Waals surface area contributed by atoms with E-state index < -0.39 is 11.0 Å². The molecule has 160 valence electrons. The molecule has 0 bridgehead atoms. The lowest BCUT2D eigenvalue weighted by atomic mass is 9.85. The van der Waals surface area contributed by atoms with Crippen molar-refractivity contribution < 1.29 is 18.7 Å². The monoisotopic (exact) mass is 402 g/mol. The fraction of sp³-hybridized carbons (Fsp3) is 0.583. The maximum absolute atomic E-state index is 12.2. The molecule has 0 aliphatic carbocycles. The third-order valence-corrected chi connectivity index (χ3v) is 5.04. The number of hydrogen-bond donors (Lipinski definition) is 0. The Labute approximate surface area is 173 Å². The van der Waals surface area contributed by atoms with Crippen LogP contribution in [0.4, 0.5) is 0 Å². The van der Waals surface area contributed by atoms with Crippen LogP contribution in [0.25, 0.3) is 11.0 Å². The van der Waals surface area contributed by atoms with E-state index in [1.807, 2.05) is 32.0 Å². The highest BCUT2D eigenvalue weighted by Crippen LogP contribution is 2.26. The SMILES string of the molecule is CC(C)CCC(C)(C)C(=O)OCCCCCCOc1cc(=O)oc2ccccc12. The molecular formula is C24H34O5. The van der Waals surface area contributed by atoms with Gasteiger partial charge in [-0.3, -0.25) is 4.79 Å². The van der Waals surface area contributed by atoms with Crippen molar-refractivity contribution in [2.45, 2.75) is 66.2 Å². The lowest BCUT2D eigenvalue weighted by molar-refractivity contribution is -0.154. The van der Waals surface area contributed by atoms with E-state index in [4.69, 9.17) is 13.9 Å². The number of carbonyl (C=O) groups is 1. The number of ether oxygens (including phenoxy) is 2. The van der Waals surface area contributed by atoms with Gasteiger partial charge in [0.05, 0.1) is 30.1 Å². The molecule has 0 amide bonds. The molecule has 0 saturated heterocycles. The highest BCUT2D eigenvalue weighted by molar-refractivity contribution is 5.82. The van der Waals surface area contributed by atoms with Gasteiger partial charge in [0.15, 0.2) is 0 Å². The van der Waals surface area contributed by atoms with E-state index in [2.05, 4.69) is 13.8 Å². The van der Waals surface area contributed by atoms with E-state index in [1.54, 1.807) is 6.07 Å². The minimum absolute atomic E-state index is 0.101. The third kappa shape index (κ3) is 7.56. The summed E-state index contributed by atoms with van der Waals surface area (Å²) in [6, 6.07) is 8.75. The number of rotatable bonds is 12. The summed E-state index contributed by atoms with van der Waals surface area (Å²) in [5, 5.41) is 0.805. The Bertz CT molecular complexity index is 835. The quantitative estimate of drug-likeness (QED) is 0.257. The first-order valence-corrected chi connectivity index (χ1v) is 10.6. The summed E-state index contributed by atoms with van der Waals surface area (Å²) < 4.78 is 16.4. The van der Waals surface area contributed by atoms with E-state index in [0.717, 1.165) is 43.9 Å². The summed E-state index contributed by atoms with van der Waals surface area (Å²) >= 11 is 0. The fourth-order valence-electron chi connectivity index (χ4n) is 3.05. The molecule has 0 saturated carbocycles. The second-order valence-electron chi connectivity index (χ2n) is 8.64. The van der Waals surface area contributed by atoms with E-state index in [-0.39, 0.29) is 5.97 Å². The number of unbranched alkanes of at least 4 members (excludes halogenated alkanes) is 3. The normalized spacial score (nSPS) is 11.8. The summed E-state index contributed by atoms with van der Waals surface area (Å²) in [5.41, 5.74) is -0.284. The van der Waals surface area contributed by atoms with Crippen LogP contribution < -0.4 is 10.4 Å². The van der Waals surface area contributed by atoms with Gasteiger partial charge < -0.3 is 13.9 Å². The molecule has 2 aromatic rings. The van der Waals surface area contributed by atoms with Gasteiger partial charge in [-0.25, -0.2) is 4.79 Å². The molecule has 0 spiro atoms. The number of hydrogen-bond acceptors (Lipinski definition) is 5. The average Bonchev–Trinajstić information content (AvgIpc) is 2.68. The Morgan fingerprint density at radius 1 is 1.07 bits per heavy atom. The van der Waals surface area contributed by atoms with Crippen LogP contribution in [0.2, 0.25) is 0 Å². The second kappa shape index (κ2) is 11.0. The molecule has 5 heteroatoms. The van der Waals surface area contributed by atoms with Crippen molar-refractivity contribution in [2.24, 2.45) is 11.3 Å². The molecular weight excluding hydrogens is 368 g/mol. The van der Waals surface area contributed by atoms with Gasteiger partial charge in [-0.05, 0) is 70.4 Å². The molecule has 0 aliphatic rings. The zero-order chi connectivity index (χ0) is 21.3. The van der Waals surface area contributed by atoms with Crippen LogP contribution in [0.1, 0.15) is 66.2 Å². The van der Waals surface area contributed by atoms with E-state index >= 15 is 0 Å². The first-order chi connectivity index (χ1) is 13.8. The molecule has 29 heavy (non-hydrogen) atoms. The van der Waals surface area contributed by atoms with Gasteiger partial charge in [0.1, 0.15) is 11.3 Å². The fourth-order valence-corrected chi connectivity index (χ4v) is 3.05. The highest BCUT2D eigenvalue weighted by atomic mass is 16.5. The molecule has 0 aliphatic heterocycles. The summed E-state index contributed by atoms with van der Waals surface area (Å²) in [7, 11) is 0. The van der Waals surface area contributed by atoms with Crippen molar-refractivity contribution in [2.75, 3.05) is 13.2 Å². The number of para-hydroxylation sites is 1. The van der Waals surface area contributed by atoms with E-state index in [0.29, 0.717) is 30.5 Å². The van der Waals surface area contributed by atoms with Gasteiger partial charge in [-0.15, -0.1) is 0 Å². The van der Waals surface area contributed by atoms with E-state index in [9.17, 15) is 9.59 Å². The molecule has 0 fully saturated rings. The molecule has 1 aromatic heterocycles. The van der Waals surface area contributed by atoms with Crippen molar-refractivity contribution in [3.63, 3.8) is 0 Å². The van der Waals surface area contributed by atoms with Gasteiger partial charge >= 0.3 is 11.6 Å². The largest absolute Gasteiger partial charge is 0.493 e.